The molecule has 0 saturated heterocycles. The Labute approximate surface area is 105 Å². The molecule has 0 aliphatic heterocycles. The zero-order valence-corrected chi connectivity index (χ0v) is 11.6. The highest BCUT2D eigenvalue weighted by Crippen LogP contribution is 2.38. The lowest BCUT2D eigenvalue weighted by Crippen LogP contribution is -1.77. The number of thiophene rings is 1. The molecular formula is C9H7IS3. The van der Waals surface area contributed by atoms with Crippen molar-refractivity contribution in [2.24, 2.45) is 0 Å². The fraction of sp³-hybridized carbons (Fsp3) is 0.111. The number of fused-ring (bicyclic) bond motifs is 1. The Morgan fingerprint density at radius 1 is 1.46 bits per heavy atom. The van der Waals surface area contributed by atoms with Crippen molar-refractivity contribution in [1.82, 2.24) is 0 Å². The van der Waals surface area contributed by atoms with Crippen LogP contribution in [0.15, 0.2) is 27.3 Å². The predicted molar refractivity (Wildman–Crippen MR) is 73.6 cm³/mol. The van der Waals surface area contributed by atoms with Gasteiger partial charge in [-0.3, -0.25) is 0 Å². The lowest BCUT2D eigenvalue weighted by atomic mass is 10.3. The Bertz CT molecular complexity index is 447. The summed E-state index contributed by atoms with van der Waals surface area (Å²) in [6, 6.07) is 4.22. The zero-order valence-electron chi connectivity index (χ0n) is 6.87. The second kappa shape index (κ2) is 4.00. The van der Waals surface area contributed by atoms with Gasteiger partial charge in [0.15, 0.2) is 0 Å². The lowest BCUT2D eigenvalue weighted by Gasteiger charge is -2.03. The van der Waals surface area contributed by atoms with Crippen molar-refractivity contribution in [2.45, 2.75) is 9.79 Å². The molecule has 68 valence electrons. The lowest BCUT2D eigenvalue weighted by molar-refractivity contribution is 1.32. The van der Waals surface area contributed by atoms with Crippen molar-refractivity contribution in [3.63, 3.8) is 0 Å². The molecule has 0 aliphatic carbocycles. The molecule has 4 heteroatoms. The van der Waals surface area contributed by atoms with Crippen LogP contribution in [0.3, 0.4) is 0 Å². The highest BCUT2D eigenvalue weighted by atomic mass is 127. The maximum Gasteiger partial charge on any atom is 0.0365 e. The van der Waals surface area contributed by atoms with E-state index in [1.165, 1.54) is 18.6 Å². The van der Waals surface area contributed by atoms with Crippen LogP contribution < -0.4 is 0 Å². The number of thiol groups is 1. The van der Waals surface area contributed by atoms with Crippen LogP contribution in [0.1, 0.15) is 0 Å². The number of hydrogen-bond acceptors (Lipinski definition) is 3. The molecule has 0 nitrogen and oxygen atoms in total. The Morgan fingerprint density at radius 2 is 2.23 bits per heavy atom. The van der Waals surface area contributed by atoms with E-state index in [1.54, 1.807) is 23.1 Å². The Morgan fingerprint density at radius 3 is 2.92 bits per heavy atom. The maximum absolute atomic E-state index is 4.46. The van der Waals surface area contributed by atoms with Gasteiger partial charge in [0.25, 0.3) is 0 Å². The number of halogens is 1. The molecule has 0 fully saturated rings. The quantitative estimate of drug-likeness (QED) is 0.453. The summed E-state index contributed by atoms with van der Waals surface area (Å²) in [5, 5.41) is 3.56. The maximum atomic E-state index is 4.46. The third-order valence-electron chi connectivity index (χ3n) is 1.83. The van der Waals surface area contributed by atoms with E-state index in [9.17, 15) is 0 Å². The van der Waals surface area contributed by atoms with Gasteiger partial charge in [0, 0.05) is 28.8 Å². The van der Waals surface area contributed by atoms with Gasteiger partial charge in [-0.15, -0.1) is 35.7 Å². The minimum atomic E-state index is 1.08. The van der Waals surface area contributed by atoms with Crippen molar-refractivity contribution in [3.8, 4) is 0 Å². The van der Waals surface area contributed by atoms with E-state index in [1.807, 2.05) is 0 Å². The number of thioether (sulfide) groups is 1. The van der Waals surface area contributed by atoms with Crippen LogP contribution in [-0.4, -0.2) is 6.26 Å². The summed E-state index contributed by atoms with van der Waals surface area (Å²) in [7, 11) is 0. The summed E-state index contributed by atoms with van der Waals surface area (Å²) >= 11 is 10.4. The minimum Gasteiger partial charge on any atom is -0.143 e. The third kappa shape index (κ3) is 1.73. The standard InChI is InChI=1S/C9H7IS3/c1-12-9-6(11)2-3-7-8(9)5(10)4-13-7/h2-4,11H,1H3. The van der Waals surface area contributed by atoms with Gasteiger partial charge in [0.05, 0.1) is 0 Å². The molecule has 2 aromatic rings. The third-order valence-corrected chi connectivity index (χ3v) is 5.41. The average molecular weight is 338 g/mol. The SMILES string of the molecule is CSc1c(S)ccc2scc(I)c12. The smallest absolute Gasteiger partial charge is 0.0365 e. The van der Waals surface area contributed by atoms with E-state index in [4.69, 9.17) is 0 Å². The second-order valence-electron chi connectivity index (χ2n) is 2.57. The Balaban J connectivity index is 2.88. The molecule has 0 unspecified atom stereocenters. The van der Waals surface area contributed by atoms with Crippen molar-refractivity contribution in [3.05, 3.63) is 21.1 Å². The summed E-state index contributed by atoms with van der Waals surface area (Å²) in [6.45, 7) is 0. The van der Waals surface area contributed by atoms with Crippen molar-refractivity contribution < 1.29 is 0 Å². The Kier molecular flexibility index (Phi) is 3.12. The predicted octanol–water partition coefficient (Wildman–Crippen LogP) is 4.52. The van der Waals surface area contributed by atoms with Crippen LogP contribution in [0, 0.1) is 3.57 Å². The molecule has 1 aromatic heterocycles. The molecule has 0 saturated carbocycles. The van der Waals surface area contributed by atoms with E-state index in [0.717, 1.165) is 4.90 Å². The van der Waals surface area contributed by atoms with Gasteiger partial charge in [0.2, 0.25) is 0 Å². The van der Waals surface area contributed by atoms with Gasteiger partial charge in [-0.1, -0.05) is 0 Å². The molecule has 2 rings (SSSR count). The summed E-state index contributed by atoms with van der Waals surface area (Å²) in [6.07, 6.45) is 2.10. The molecule has 0 spiro atoms. The summed E-state index contributed by atoms with van der Waals surface area (Å²) < 4.78 is 2.68. The molecule has 0 N–H and O–H groups in total. The van der Waals surface area contributed by atoms with Crippen molar-refractivity contribution in [2.75, 3.05) is 6.26 Å². The zero-order chi connectivity index (χ0) is 9.42. The average Bonchev–Trinajstić information content (AvgIpc) is 2.49. The Hall–Kier alpha value is 0.610. The summed E-state index contributed by atoms with van der Waals surface area (Å²) in [5.74, 6) is 0. The molecule has 0 amide bonds. The number of hydrogen-bond donors (Lipinski definition) is 1. The first-order chi connectivity index (χ1) is 6.24. The van der Waals surface area contributed by atoms with Crippen molar-refractivity contribution in [1.29, 1.82) is 0 Å². The van der Waals surface area contributed by atoms with E-state index in [0.29, 0.717) is 0 Å². The first-order valence-corrected chi connectivity index (χ1v) is 7.29. The van der Waals surface area contributed by atoms with Gasteiger partial charge in [-0.2, -0.15) is 0 Å². The van der Waals surface area contributed by atoms with Crippen LogP contribution in [-0.2, 0) is 0 Å². The fourth-order valence-corrected chi connectivity index (χ4v) is 4.62. The highest BCUT2D eigenvalue weighted by molar-refractivity contribution is 14.1. The second-order valence-corrected chi connectivity index (χ2v) is 5.95. The fourth-order valence-electron chi connectivity index (χ4n) is 1.26. The van der Waals surface area contributed by atoms with E-state index >= 15 is 0 Å². The summed E-state index contributed by atoms with van der Waals surface area (Å²) in [4.78, 5) is 2.38. The molecule has 0 atom stereocenters. The van der Waals surface area contributed by atoms with Crippen LogP contribution >= 0.6 is 58.3 Å². The molecule has 0 bridgehead atoms. The molecule has 0 radical (unpaired) electrons. The van der Waals surface area contributed by atoms with E-state index in [-0.39, 0.29) is 0 Å². The first-order valence-electron chi connectivity index (χ1n) is 3.66. The molecular weight excluding hydrogens is 331 g/mol. The molecule has 1 aromatic carbocycles. The van der Waals surface area contributed by atoms with E-state index in [2.05, 4.69) is 59.0 Å². The summed E-state index contributed by atoms with van der Waals surface area (Å²) in [5.41, 5.74) is 0. The van der Waals surface area contributed by atoms with Gasteiger partial charge in [-0.25, -0.2) is 0 Å². The number of benzene rings is 1. The topological polar surface area (TPSA) is 0 Å². The van der Waals surface area contributed by atoms with Crippen LogP contribution in [0.4, 0.5) is 0 Å². The number of rotatable bonds is 1. The van der Waals surface area contributed by atoms with Gasteiger partial charge < -0.3 is 0 Å². The molecule has 13 heavy (non-hydrogen) atoms. The normalized spacial score (nSPS) is 11.0. The first kappa shape index (κ1) is 10.1. The monoisotopic (exact) mass is 338 g/mol. The largest absolute Gasteiger partial charge is 0.143 e. The minimum absolute atomic E-state index is 1.08. The van der Waals surface area contributed by atoms with Gasteiger partial charge >= 0.3 is 0 Å². The highest BCUT2D eigenvalue weighted by Gasteiger charge is 2.08. The molecule has 0 aliphatic rings. The van der Waals surface area contributed by atoms with Crippen LogP contribution in [0.5, 0.6) is 0 Å². The van der Waals surface area contributed by atoms with Gasteiger partial charge in [0.1, 0.15) is 0 Å². The van der Waals surface area contributed by atoms with Crippen LogP contribution in [0.25, 0.3) is 10.1 Å². The van der Waals surface area contributed by atoms with Gasteiger partial charge in [-0.05, 0) is 41.0 Å². The molecule has 1 heterocycles. The van der Waals surface area contributed by atoms with E-state index < -0.39 is 0 Å². The van der Waals surface area contributed by atoms with Crippen molar-refractivity contribution >= 4 is 68.4 Å². The van der Waals surface area contributed by atoms with Crippen LogP contribution in [0.2, 0.25) is 0 Å².